The molecule has 1 saturated heterocycles. The number of anilines is 2. The van der Waals surface area contributed by atoms with E-state index in [-0.39, 0.29) is 4.90 Å². The smallest absolute Gasteiger partial charge is 0.264 e. The molecule has 0 radical (unpaired) electrons. The van der Waals surface area contributed by atoms with Crippen LogP contribution in [0.25, 0.3) is 22.2 Å². The van der Waals surface area contributed by atoms with E-state index >= 15 is 0 Å². The Labute approximate surface area is 199 Å². The summed E-state index contributed by atoms with van der Waals surface area (Å²) in [7, 11) is -3.80. The number of fused-ring (bicyclic) bond motifs is 1. The van der Waals surface area contributed by atoms with Crippen molar-refractivity contribution in [2.75, 3.05) is 22.7 Å². The van der Waals surface area contributed by atoms with E-state index in [2.05, 4.69) is 24.8 Å². The van der Waals surface area contributed by atoms with Gasteiger partial charge in [-0.25, -0.2) is 8.42 Å². The predicted molar refractivity (Wildman–Crippen MR) is 135 cm³/mol. The normalized spacial score (nSPS) is 14.7. The van der Waals surface area contributed by atoms with Crippen molar-refractivity contribution in [3.8, 4) is 11.3 Å². The van der Waals surface area contributed by atoms with Crippen LogP contribution in [0.15, 0.2) is 71.6 Å². The second-order valence-corrected chi connectivity index (χ2v) is 10.3. The van der Waals surface area contributed by atoms with Crippen LogP contribution in [-0.4, -0.2) is 36.7 Å². The second-order valence-electron chi connectivity index (χ2n) is 8.64. The quantitative estimate of drug-likeness (QED) is 0.430. The Morgan fingerprint density at radius 1 is 0.824 bits per heavy atom. The van der Waals surface area contributed by atoms with Crippen molar-refractivity contribution in [2.45, 2.75) is 37.5 Å². The largest absolute Gasteiger partial charge is 0.355 e. The van der Waals surface area contributed by atoms with Crippen molar-refractivity contribution in [1.29, 1.82) is 0 Å². The molecule has 34 heavy (non-hydrogen) atoms. The van der Waals surface area contributed by atoms with Crippen LogP contribution in [-0.2, 0) is 10.0 Å². The predicted octanol–water partition coefficient (Wildman–Crippen LogP) is 5.18. The van der Waals surface area contributed by atoms with Crippen LogP contribution in [0.1, 0.15) is 31.4 Å². The monoisotopic (exact) mass is 473 g/mol. The van der Waals surface area contributed by atoms with Gasteiger partial charge in [0.2, 0.25) is 0 Å². The fourth-order valence-electron chi connectivity index (χ4n) is 4.30. The average Bonchev–Trinajstić information content (AvgIpc) is 3.14. The molecular formula is C26H27N5O2S. The summed E-state index contributed by atoms with van der Waals surface area (Å²) in [4.78, 5) is 6.90. The summed E-state index contributed by atoms with van der Waals surface area (Å²) in [5.41, 5.74) is 3.33. The number of nitrogens with zero attached hydrogens (tertiary/aromatic N) is 4. The van der Waals surface area contributed by atoms with Crippen molar-refractivity contribution >= 4 is 32.4 Å². The number of rotatable bonds is 5. The minimum absolute atomic E-state index is 0.160. The molecule has 5 rings (SSSR count). The van der Waals surface area contributed by atoms with Gasteiger partial charge in [-0.15, -0.1) is 10.2 Å². The molecule has 0 unspecified atom stereocenters. The van der Waals surface area contributed by atoms with E-state index in [0.717, 1.165) is 41.2 Å². The molecule has 3 heterocycles. The minimum atomic E-state index is -3.80. The summed E-state index contributed by atoms with van der Waals surface area (Å²) in [5, 5.41) is 9.63. The van der Waals surface area contributed by atoms with E-state index in [1.54, 1.807) is 24.3 Å². The molecule has 1 fully saturated rings. The first-order chi connectivity index (χ1) is 16.5. The van der Waals surface area contributed by atoms with E-state index in [1.807, 2.05) is 49.4 Å². The van der Waals surface area contributed by atoms with Crippen molar-refractivity contribution < 1.29 is 8.42 Å². The Hall–Kier alpha value is -3.52. The van der Waals surface area contributed by atoms with Crippen LogP contribution in [0.4, 0.5) is 11.5 Å². The zero-order chi connectivity index (χ0) is 23.5. The Morgan fingerprint density at radius 2 is 1.59 bits per heavy atom. The molecule has 1 aliphatic heterocycles. The number of hydrogen-bond acceptors (Lipinski definition) is 6. The SMILES string of the molecule is Cc1ccc2cccc(S(=O)(=O)Nc3ccc(-c4ccc(N5CCCCCC5)nn4)cc3)c2n1. The summed E-state index contributed by atoms with van der Waals surface area (Å²) in [6.07, 6.45) is 4.92. The maximum atomic E-state index is 13.1. The summed E-state index contributed by atoms with van der Waals surface area (Å²) in [5.74, 6) is 0.911. The Bertz CT molecular complexity index is 1400. The van der Waals surface area contributed by atoms with Gasteiger partial charge in [0.25, 0.3) is 10.0 Å². The molecule has 0 spiro atoms. The number of pyridine rings is 1. The van der Waals surface area contributed by atoms with Gasteiger partial charge in [0.15, 0.2) is 5.82 Å². The van der Waals surface area contributed by atoms with Gasteiger partial charge < -0.3 is 4.90 Å². The summed E-state index contributed by atoms with van der Waals surface area (Å²) in [6, 6.07) is 20.1. The highest BCUT2D eigenvalue weighted by atomic mass is 32.2. The average molecular weight is 474 g/mol. The lowest BCUT2D eigenvalue weighted by Crippen LogP contribution is -2.25. The summed E-state index contributed by atoms with van der Waals surface area (Å²) < 4.78 is 28.9. The zero-order valence-corrected chi connectivity index (χ0v) is 19.9. The minimum Gasteiger partial charge on any atom is -0.355 e. The lowest BCUT2D eigenvalue weighted by Gasteiger charge is -2.20. The van der Waals surface area contributed by atoms with Crippen molar-refractivity contribution in [2.24, 2.45) is 0 Å². The molecule has 0 atom stereocenters. The second kappa shape index (κ2) is 9.38. The number of benzene rings is 2. The fourth-order valence-corrected chi connectivity index (χ4v) is 5.53. The summed E-state index contributed by atoms with van der Waals surface area (Å²) in [6.45, 7) is 3.89. The topological polar surface area (TPSA) is 88.1 Å². The van der Waals surface area contributed by atoms with Gasteiger partial charge in [0.1, 0.15) is 4.90 Å². The number of aryl methyl sites for hydroxylation is 1. The van der Waals surface area contributed by atoms with Crippen LogP contribution in [0.5, 0.6) is 0 Å². The first-order valence-electron chi connectivity index (χ1n) is 11.6. The molecule has 174 valence electrons. The van der Waals surface area contributed by atoms with Gasteiger partial charge in [0, 0.05) is 35.4 Å². The highest BCUT2D eigenvalue weighted by Crippen LogP contribution is 2.26. The maximum Gasteiger partial charge on any atom is 0.264 e. The van der Waals surface area contributed by atoms with Crippen LogP contribution in [0.2, 0.25) is 0 Å². The van der Waals surface area contributed by atoms with E-state index in [4.69, 9.17) is 0 Å². The highest BCUT2D eigenvalue weighted by molar-refractivity contribution is 7.93. The Morgan fingerprint density at radius 3 is 2.29 bits per heavy atom. The number of sulfonamides is 1. The molecule has 0 aliphatic carbocycles. The molecule has 0 amide bonds. The molecule has 2 aromatic heterocycles. The third-order valence-electron chi connectivity index (χ3n) is 6.13. The highest BCUT2D eigenvalue weighted by Gasteiger charge is 2.19. The first kappa shape index (κ1) is 22.3. The molecule has 2 aromatic carbocycles. The first-order valence-corrected chi connectivity index (χ1v) is 13.1. The standard InChI is InChI=1S/C26H27N5O2S/c1-19-9-10-21-7-6-8-24(26(21)27-19)34(32,33)30-22-13-11-20(12-14-22)23-15-16-25(29-28-23)31-17-4-2-3-5-18-31/h6-16,30H,2-5,17-18H2,1H3. The summed E-state index contributed by atoms with van der Waals surface area (Å²) >= 11 is 0. The van der Waals surface area contributed by atoms with E-state index in [1.165, 1.54) is 25.7 Å². The van der Waals surface area contributed by atoms with Gasteiger partial charge in [0.05, 0.1) is 11.2 Å². The lowest BCUT2D eigenvalue weighted by molar-refractivity contribution is 0.602. The molecular weight excluding hydrogens is 446 g/mol. The number of para-hydroxylation sites is 1. The molecule has 8 heteroatoms. The zero-order valence-electron chi connectivity index (χ0n) is 19.1. The van der Waals surface area contributed by atoms with Crippen LogP contribution < -0.4 is 9.62 Å². The fraction of sp³-hybridized carbons (Fsp3) is 0.269. The molecule has 4 aromatic rings. The van der Waals surface area contributed by atoms with Crippen LogP contribution in [0.3, 0.4) is 0 Å². The van der Waals surface area contributed by atoms with Gasteiger partial charge in [-0.1, -0.05) is 43.2 Å². The Kier molecular flexibility index (Phi) is 6.15. The molecule has 0 saturated carbocycles. The van der Waals surface area contributed by atoms with Gasteiger partial charge in [-0.05, 0) is 56.2 Å². The third-order valence-corrected chi connectivity index (χ3v) is 7.54. The third kappa shape index (κ3) is 4.72. The van der Waals surface area contributed by atoms with E-state index < -0.39 is 10.0 Å². The van der Waals surface area contributed by atoms with E-state index in [0.29, 0.717) is 11.2 Å². The maximum absolute atomic E-state index is 13.1. The van der Waals surface area contributed by atoms with E-state index in [9.17, 15) is 8.42 Å². The number of nitrogens with one attached hydrogen (secondary N) is 1. The Balaban J connectivity index is 1.34. The number of hydrogen-bond donors (Lipinski definition) is 1. The van der Waals surface area contributed by atoms with Gasteiger partial charge in [-0.2, -0.15) is 0 Å². The van der Waals surface area contributed by atoms with Gasteiger partial charge >= 0.3 is 0 Å². The van der Waals surface area contributed by atoms with Gasteiger partial charge in [-0.3, -0.25) is 9.71 Å². The molecule has 1 N–H and O–H groups in total. The molecule has 7 nitrogen and oxygen atoms in total. The number of aromatic nitrogens is 3. The van der Waals surface area contributed by atoms with Crippen molar-refractivity contribution in [1.82, 2.24) is 15.2 Å². The lowest BCUT2D eigenvalue weighted by atomic mass is 10.1. The van der Waals surface area contributed by atoms with Crippen molar-refractivity contribution in [3.63, 3.8) is 0 Å². The van der Waals surface area contributed by atoms with Crippen LogP contribution in [0, 0.1) is 6.92 Å². The van der Waals surface area contributed by atoms with Crippen LogP contribution >= 0.6 is 0 Å². The molecule has 1 aliphatic rings. The molecule has 0 bridgehead atoms. The van der Waals surface area contributed by atoms with Crippen molar-refractivity contribution in [3.05, 3.63) is 72.4 Å².